The number of methoxy groups -OCH3 is 1. The van der Waals surface area contributed by atoms with Crippen LogP contribution in [0.3, 0.4) is 0 Å². The van der Waals surface area contributed by atoms with Crippen LogP contribution in [0.5, 0.6) is 17.2 Å². The highest BCUT2D eigenvalue weighted by atomic mass is 35.5. The lowest BCUT2D eigenvalue weighted by atomic mass is 9.91. The number of H-pyrrole nitrogens is 1. The van der Waals surface area contributed by atoms with Gasteiger partial charge < -0.3 is 44.1 Å². The summed E-state index contributed by atoms with van der Waals surface area (Å²) in [5.74, 6) is 0.572. The Hall–Kier alpha value is -3.73. The molecule has 3 aromatic heterocycles. The molecule has 5 aromatic rings. The Morgan fingerprint density at radius 2 is 1.72 bits per heavy atom. The number of phenolic OH excluding ortho intramolecular Hbond substituents is 1. The van der Waals surface area contributed by atoms with Crippen LogP contribution >= 0.6 is 34.3 Å². The lowest BCUT2D eigenvalue weighted by molar-refractivity contribution is -0.169. The molecule has 15 heteroatoms. The number of hydrogen-bond donors (Lipinski definition) is 4. The fourth-order valence-corrected chi connectivity index (χ4v) is 10.6. The Balaban J connectivity index is 1.03. The third-order valence-electron chi connectivity index (χ3n) is 12.0. The predicted octanol–water partition coefficient (Wildman–Crippen LogP) is 9.36. The molecule has 0 aliphatic heterocycles. The molecule has 1 saturated carbocycles. The number of nitrogens with one attached hydrogen (secondary N) is 2. The molecule has 6 rings (SSSR count). The number of pyridine rings is 1. The van der Waals surface area contributed by atoms with E-state index in [4.69, 9.17) is 30.2 Å². The molecular weight excluding hydrogens is 838 g/mol. The largest absolute Gasteiger partial charge is 0.506 e. The molecule has 0 unspecified atom stereocenters. The molecule has 3 heterocycles. The Bertz CT molecular complexity index is 2220. The van der Waals surface area contributed by atoms with Crippen molar-refractivity contribution in [3.8, 4) is 17.2 Å². The minimum Gasteiger partial charge on any atom is -0.506 e. The standard InChI is InChI=1S/C45H58ClN3O8S2Si/c1-44(2,3)60(6,7)57-37(33-17-19-35(50)42-34(33)18-20-40(51)48-42)28-47-27-29-25-32(54-5)26-36(41(29)46)55-22-10-21-49(4)30-13-15-31(16-14-30)56-43(52)45(53,38-11-8-23-58-38)39-12-9-24-59-39/h8-9,11-12,17-20,23-26,30-31,37,47,50,53H,10,13-16,21-22,27-28H2,1-7H3,(H,48,51)/t30?,31?,37-/m0/s1. The topological polar surface area (TPSA) is 143 Å². The average Bonchev–Trinajstić information content (AvgIpc) is 3.97. The first-order valence-corrected chi connectivity index (χ1v) is 25.5. The SMILES string of the molecule is COc1cc(CNC[C@H](O[Si](C)(C)C(C)(C)C)c2ccc(O)c3[nH]c(=O)ccc23)c(Cl)c(OCCCN(C)C2CCC(OC(=O)C(O)(c3cccs3)c3cccs3)CC2)c1. The highest BCUT2D eigenvalue weighted by Gasteiger charge is 2.45. The van der Waals surface area contributed by atoms with Gasteiger partial charge in [0.15, 0.2) is 8.32 Å². The summed E-state index contributed by atoms with van der Waals surface area (Å²) in [5.41, 5.74) is -0.0197. The first-order chi connectivity index (χ1) is 28.5. The number of aromatic hydroxyl groups is 1. The maximum atomic E-state index is 13.5. The van der Waals surface area contributed by atoms with E-state index in [-0.39, 0.29) is 28.6 Å². The van der Waals surface area contributed by atoms with Gasteiger partial charge in [-0.15, -0.1) is 22.7 Å². The number of rotatable bonds is 18. The van der Waals surface area contributed by atoms with Crippen LogP contribution in [0.1, 0.15) is 79.9 Å². The lowest BCUT2D eigenvalue weighted by Gasteiger charge is -2.39. The molecule has 0 bridgehead atoms. The number of carbonyl (C=O) groups excluding carboxylic acids is 1. The molecule has 11 nitrogen and oxygen atoms in total. The Labute approximate surface area is 366 Å². The zero-order valence-electron chi connectivity index (χ0n) is 35.5. The van der Waals surface area contributed by atoms with Gasteiger partial charge in [-0.3, -0.25) is 4.79 Å². The minimum atomic E-state index is -2.27. The Morgan fingerprint density at radius 1 is 1.03 bits per heavy atom. The number of carbonyl (C=O) groups is 1. The number of thiophene rings is 2. The van der Waals surface area contributed by atoms with Gasteiger partial charge in [-0.2, -0.15) is 0 Å². The van der Waals surface area contributed by atoms with E-state index in [1.807, 2.05) is 41.1 Å². The monoisotopic (exact) mass is 895 g/mol. The fourth-order valence-electron chi connectivity index (χ4n) is 7.41. The maximum absolute atomic E-state index is 13.5. The third-order valence-corrected chi connectivity index (χ3v) is 18.8. The normalized spacial score (nSPS) is 16.9. The summed E-state index contributed by atoms with van der Waals surface area (Å²) in [6.07, 6.45) is 3.38. The van der Waals surface area contributed by atoms with Crippen LogP contribution in [-0.4, -0.2) is 80.4 Å². The van der Waals surface area contributed by atoms with Crippen LogP contribution in [0.4, 0.5) is 0 Å². The summed E-state index contributed by atoms with van der Waals surface area (Å²) in [4.78, 5) is 31.9. The van der Waals surface area contributed by atoms with E-state index in [9.17, 15) is 19.8 Å². The van der Waals surface area contributed by atoms with Crippen molar-refractivity contribution in [3.05, 3.63) is 108 Å². The number of fused-ring (bicyclic) bond motifs is 1. The van der Waals surface area contributed by atoms with Gasteiger partial charge >= 0.3 is 5.97 Å². The minimum absolute atomic E-state index is 0.00532. The van der Waals surface area contributed by atoms with Crippen molar-refractivity contribution >= 4 is 59.5 Å². The van der Waals surface area contributed by atoms with Crippen LogP contribution in [0.15, 0.2) is 76.2 Å². The van der Waals surface area contributed by atoms with Gasteiger partial charge in [0.1, 0.15) is 23.4 Å². The number of nitrogens with zero attached hydrogens (tertiary/aromatic N) is 1. The molecule has 324 valence electrons. The van der Waals surface area contributed by atoms with Crippen molar-refractivity contribution in [3.63, 3.8) is 0 Å². The number of aliphatic hydroxyl groups is 1. The first-order valence-electron chi connectivity index (χ1n) is 20.5. The number of esters is 1. The summed E-state index contributed by atoms with van der Waals surface area (Å²) >= 11 is 9.67. The van der Waals surface area contributed by atoms with Crippen molar-refractivity contribution in [1.29, 1.82) is 0 Å². The van der Waals surface area contributed by atoms with Gasteiger partial charge in [0.05, 0.1) is 40.1 Å². The van der Waals surface area contributed by atoms with Gasteiger partial charge in [-0.1, -0.05) is 50.6 Å². The van der Waals surface area contributed by atoms with Crippen LogP contribution in [0.25, 0.3) is 10.9 Å². The number of hydrogen-bond acceptors (Lipinski definition) is 12. The van der Waals surface area contributed by atoms with Crippen molar-refractivity contribution in [2.75, 3.05) is 33.9 Å². The van der Waals surface area contributed by atoms with E-state index in [0.29, 0.717) is 57.5 Å². The van der Waals surface area contributed by atoms with Gasteiger partial charge in [0.25, 0.3) is 0 Å². The second kappa shape index (κ2) is 19.5. The average molecular weight is 897 g/mol. The second-order valence-corrected chi connectivity index (χ2v) is 24.1. The van der Waals surface area contributed by atoms with E-state index < -0.39 is 19.9 Å². The summed E-state index contributed by atoms with van der Waals surface area (Å²) in [6, 6.07) is 17.9. The highest BCUT2D eigenvalue weighted by molar-refractivity contribution is 7.12. The number of halogens is 1. The quantitative estimate of drug-likeness (QED) is 0.0382. The van der Waals surface area contributed by atoms with Gasteiger partial charge in [0.2, 0.25) is 11.2 Å². The van der Waals surface area contributed by atoms with E-state index in [1.54, 1.807) is 31.4 Å². The van der Waals surface area contributed by atoms with Crippen molar-refractivity contribution in [1.82, 2.24) is 15.2 Å². The molecule has 0 spiro atoms. The highest BCUT2D eigenvalue weighted by Crippen LogP contribution is 2.42. The van der Waals surface area contributed by atoms with Crippen molar-refractivity contribution in [2.45, 2.75) is 101 Å². The van der Waals surface area contributed by atoms with Gasteiger partial charge in [-0.05, 0) is 110 Å². The molecule has 0 saturated heterocycles. The summed E-state index contributed by atoms with van der Waals surface area (Å²) < 4.78 is 24.8. The molecule has 2 aromatic carbocycles. The number of phenols is 1. The molecular formula is C45H58ClN3O8S2Si. The van der Waals surface area contributed by atoms with Crippen LogP contribution in [-0.2, 0) is 26.1 Å². The van der Waals surface area contributed by atoms with Gasteiger partial charge in [0, 0.05) is 43.2 Å². The molecule has 60 heavy (non-hydrogen) atoms. The smallest absolute Gasteiger partial charge is 0.349 e. The summed E-state index contributed by atoms with van der Waals surface area (Å²) in [6.45, 7) is 13.1. The zero-order valence-corrected chi connectivity index (χ0v) is 38.9. The van der Waals surface area contributed by atoms with Crippen molar-refractivity contribution in [2.24, 2.45) is 0 Å². The number of aromatic amines is 1. The Kier molecular flexibility index (Phi) is 14.9. The number of ether oxygens (including phenoxy) is 3. The summed E-state index contributed by atoms with van der Waals surface area (Å²) in [7, 11) is 1.47. The van der Waals surface area contributed by atoms with Crippen LogP contribution in [0, 0.1) is 0 Å². The number of aromatic nitrogens is 1. The first kappa shape index (κ1) is 45.8. The van der Waals surface area contributed by atoms with Crippen LogP contribution < -0.4 is 20.3 Å². The Morgan fingerprint density at radius 3 is 2.33 bits per heavy atom. The van der Waals surface area contributed by atoms with E-state index in [2.05, 4.69) is 56.1 Å². The molecule has 1 aliphatic rings. The molecule has 1 atom stereocenters. The maximum Gasteiger partial charge on any atom is 0.349 e. The van der Waals surface area contributed by atoms with E-state index >= 15 is 0 Å². The van der Waals surface area contributed by atoms with E-state index in [1.165, 1.54) is 28.7 Å². The molecule has 0 radical (unpaired) electrons. The molecule has 0 amide bonds. The molecule has 4 N–H and O–H groups in total. The van der Waals surface area contributed by atoms with E-state index in [0.717, 1.165) is 55.2 Å². The van der Waals surface area contributed by atoms with Crippen molar-refractivity contribution < 1.29 is 33.6 Å². The van der Waals surface area contributed by atoms with Crippen LogP contribution in [0.2, 0.25) is 23.2 Å². The number of benzene rings is 2. The predicted molar refractivity (Wildman–Crippen MR) is 243 cm³/mol. The molecule has 1 fully saturated rings. The molecule has 1 aliphatic carbocycles. The third kappa shape index (κ3) is 10.5. The lowest BCUT2D eigenvalue weighted by Crippen LogP contribution is -2.43. The zero-order chi connectivity index (χ0) is 43.2. The fraction of sp³-hybridized carbons (Fsp3) is 0.467. The summed E-state index contributed by atoms with van der Waals surface area (Å²) in [5, 5.41) is 30.6. The van der Waals surface area contributed by atoms with Gasteiger partial charge in [-0.25, -0.2) is 4.79 Å². The second-order valence-electron chi connectivity index (χ2n) is 17.1.